The number of ether oxygens (including phenoxy) is 1. The first kappa shape index (κ1) is 28.8. The number of aromatic hydroxyl groups is 1. The van der Waals surface area contributed by atoms with Crippen molar-refractivity contribution in [1.82, 2.24) is 14.9 Å². The maximum atomic E-state index is 16.9. The average molecular weight is 621 g/mol. The van der Waals surface area contributed by atoms with Gasteiger partial charge in [-0.25, -0.2) is 17.6 Å². The number of hydrogen-bond acceptors (Lipinski definition) is 6. The molecule has 45 heavy (non-hydrogen) atoms. The average Bonchev–Trinajstić information content (AvgIpc) is 3.60. The number of phenols is 1. The Hall–Kier alpha value is -3.66. The van der Waals surface area contributed by atoms with Crippen molar-refractivity contribution in [2.45, 2.75) is 63.3 Å². The highest BCUT2D eigenvalue weighted by Gasteiger charge is 2.49. The molecule has 1 aliphatic carbocycles. The number of alkyl halides is 2. The molecule has 3 aliphatic heterocycles. The molecule has 1 N–H and O–H groups in total. The van der Waals surface area contributed by atoms with Gasteiger partial charge in [0.15, 0.2) is 5.82 Å². The van der Waals surface area contributed by atoms with Crippen molar-refractivity contribution in [3.8, 4) is 22.9 Å². The fourth-order valence-electron chi connectivity index (χ4n) is 8.67. The summed E-state index contributed by atoms with van der Waals surface area (Å²) in [6, 6.07) is 9.30. The van der Waals surface area contributed by atoms with Gasteiger partial charge in [-0.1, -0.05) is 19.1 Å². The molecule has 10 heteroatoms. The lowest BCUT2D eigenvalue weighted by Gasteiger charge is -2.36. The highest BCUT2D eigenvalue weighted by atomic mass is 19.1. The highest BCUT2D eigenvalue weighted by molar-refractivity contribution is 6.03. The van der Waals surface area contributed by atoms with Crippen LogP contribution in [0.4, 0.5) is 23.4 Å². The van der Waals surface area contributed by atoms with Crippen LogP contribution in [0.2, 0.25) is 0 Å². The molecule has 0 amide bonds. The van der Waals surface area contributed by atoms with E-state index in [-0.39, 0.29) is 41.3 Å². The van der Waals surface area contributed by atoms with E-state index in [1.54, 1.807) is 24.3 Å². The molecule has 1 aromatic heterocycles. The third kappa shape index (κ3) is 4.62. The van der Waals surface area contributed by atoms with E-state index in [9.17, 15) is 18.3 Å². The Morgan fingerprint density at radius 3 is 2.58 bits per heavy atom. The van der Waals surface area contributed by atoms with E-state index in [0.29, 0.717) is 65.6 Å². The van der Waals surface area contributed by atoms with Crippen LogP contribution in [0.3, 0.4) is 0 Å². The number of phenolic OH excluding ortho intramolecular Hbond substituents is 1. The van der Waals surface area contributed by atoms with Crippen LogP contribution in [0, 0.1) is 23.5 Å². The van der Waals surface area contributed by atoms with Crippen LogP contribution in [-0.4, -0.2) is 70.6 Å². The Kier molecular flexibility index (Phi) is 6.85. The van der Waals surface area contributed by atoms with Gasteiger partial charge in [0.2, 0.25) is 0 Å². The summed E-state index contributed by atoms with van der Waals surface area (Å²) in [6.45, 7) is 4.14. The third-order valence-corrected chi connectivity index (χ3v) is 10.8. The first-order valence-corrected chi connectivity index (χ1v) is 16.1. The standard InChI is InChI=1S/C35H36F4N4O2/c1-2-24-28(37)9-6-19-12-23(44)13-27(29(19)24)25-7-8-26-32(31(25)39)40-34(45-18-35-10-3-11-43(35)17-22(36)14-35)41-33(26)42-15-20-4-5-21(16-42)30(20)38/h6-9,12-13,20-22,30,44H,2-5,10-11,14-18H2,1H3/t20-,21+,22-,30?,35+/m1/s1. The van der Waals surface area contributed by atoms with Crippen LogP contribution in [0.15, 0.2) is 36.4 Å². The molecule has 5 atom stereocenters. The molecule has 3 aromatic carbocycles. The Bertz CT molecular complexity index is 1810. The second-order valence-corrected chi connectivity index (χ2v) is 13.4. The molecule has 1 unspecified atom stereocenters. The lowest BCUT2D eigenvalue weighted by Crippen LogP contribution is -2.44. The first-order valence-electron chi connectivity index (χ1n) is 16.1. The van der Waals surface area contributed by atoms with Crippen LogP contribution < -0.4 is 9.64 Å². The predicted octanol–water partition coefficient (Wildman–Crippen LogP) is 7.14. The molecule has 3 saturated heterocycles. The number of aromatic nitrogens is 2. The second kappa shape index (κ2) is 10.7. The van der Waals surface area contributed by atoms with Gasteiger partial charge < -0.3 is 14.7 Å². The lowest BCUT2D eigenvalue weighted by molar-refractivity contribution is 0.107. The quantitative estimate of drug-likeness (QED) is 0.232. The zero-order chi connectivity index (χ0) is 31.0. The number of anilines is 1. The van der Waals surface area contributed by atoms with Crippen LogP contribution in [0.1, 0.15) is 44.6 Å². The third-order valence-electron chi connectivity index (χ3n) is 10.8. The smallest absolute Gasteiger partial charge is 0.319 e. The van der Waals surface area contributed by atoms with Crippen molar-refractivity contribution < 1.29 is 27.4 Å². The fraction of sp³-hybridized carbons (Fsp3) is 0.486. The van der Waals surface area contributed by atoms with Gasteiger partial charge in [-0.2, -0.15) is 9.97 Å². The van der Waals surface area contributed by atoms with E-state index >= 15 is 4.39 Å². The monoisotopic (exact) mass is 620 g/mol. The summed E-state index contributed by atoms with van der Waals surface area (Å²) in [5, 5.41) is 12.2. The second-order valence-electron chi connectivity index (χ2n) is 13.4. The largest absolute Gasteiger partial charge is 0.508 e. The summed E-state index contributed by atoms with van der Waals surface area (Å²) in [4.78, 5) is 13.5. The Morgan fingerprint density at radius 1 is 1.00 bits per heavy atom. The van der Waals surface area contributed by atoms with Crippen LogP contribution >= 0.6 is 0 Å². The van der Waals surface area contributed by atoms with Crippen LogP contribution in [-0.2, 0) is 6.42 Å². The molecule has 236 valence electrons. The van der Waals surface area contributed by atoms with E-state index in [4.69, 9.17) is 9.72 Å². The van der Waals surface area contributed by atoms with Gasteiger partial charge in [0.1, 0.15) is 41.9 Å². The number of piperidine rings is 1. The summed E-state index contributed by atoms with van der Waals surface area (Å²) in [7, 11) is 0. The van der Waals surface area contributed by atoms with Crippen LogP contribution in [0.5, 0.6) is 11.8 Å². The molecule has 0 spiro atoms. The van der Waals surface area contributed by atoms with Crippen molar-refractivity contribution in [3.05, 3.63) is 53.6 Å². The summed E-state index contributed by atoms with van der Waals surface area (Å²) in [5.74, 6) is -0.852. The molecule has 4 fully saturated rings. The van der Waals surface area contributed by atoms with Gasteiger partial charge in [0.25, 0.3) is 0 Å². The van der Waals surface area contributed by atoms with Crippen molar-refractivity contribution in [3.63, 3.8) is 0 Å². The minimum Gasteiger partial charge on any atom is -0.508 e. The topological polar surface area (TPSA) is 61.7 Å². The summed E-state index contributed by atoms with van der Waals surface area (Å²) >= 11 is 0. The predicted molar refractivity (Wildman–Crippen MR) is 165 cm³/mol. The number of aryl methyl sites for hydroxylation is 1. The molecule has 4 heterocycles. The van der Waals surface area contributed by atoms with E-state index < -0.39 is 29.5 Å². The van der Waals surface area contributed by atoms with Crippen molar-refractivity contribution in [2.24, 2.45) is 11.8 Å². The first-order chi connectivity index (χ1) is 21.7. The summed E-state index contributed by atoms with van der Waals surface area (Å²) in [5.41, 5.74) is 0.551. The summed E-state index contributed by atoms with van der Waals surface area (Å²) in [6.07, 6.45) is 2.34. The number of halogens is 4. The van der Waals surface area contributed by atoms with E-state index in [0.717, 1.165) is 32.2 Å². The van der Waals surface area contributed by atoms with E-state index in [1.807, 2.05) is 11.8 Å². The summed E-state index contributed by atoms with van der Waals surface area (Å²) < 4.78 is 67.4. The lowest BCUT2D eigenvalue weighted by atomic mass is 9.92. The number of benzene rings is 3. The van der Waals surface area contributed by atoms with E-state index in [1.165, 1.54) is 12.1 Å². The maximum absolute atomic E-state index is 16.9. The van der Waals surface area contributed by atoms with E-state index in [2.05, 4.69) is 9.88 Å². The van der Waals surface area contributed by atoms with Gasteiger partial charge in [-0.3, -0.25) is 4.90 Å². The highest BCUT2D eigenvalue weighted by Crippen LogP contribution is 2.45. The van der Waals surface area contributed by atoms with Crippen molar-refractivity contribution >= 4 is 27.5 Å². The zero-order valence-electron chi connectivity index (χ0n) is 25.2. The minimum atomic E-state index is -0.922. The van der Waals surface area contributed by atoms with Crippen molar-refractivity contribution in [2.75, 3.05) is 37.7 Å². The molecule has 1 saturated carbocycles. The number of nitrogens with zero attached hydrogens (tertiary/aromatic N) is 4. The minimum absolute atomic E-state index is 0.00661. The zero-order valence-corrected chi connectivity index (χ0v) is 25.2. The fourth-order valence-corrected chi connectivity index (χ4v) is 8.67. The molecule has 8 rings (SSSR count). The Morgan fingerprint density at radius 2 is 1.80 bits per heavy atom. The molecule has 6 nitrogen and oxygen atoms in total. The molecule has 2 bridgehead atoms. The Balaban J connectivity index is 1.27. The SMILES string of the molecule is CCc1c(F)ccc2cc(O)cc(-c3ccc4c(N5C[C@H]6CC[C@@H](C5)C6F)nc(OC[C@@]56CCCN5C[C@H](F)C6)nc4c3F)c12. The van der Waals surface area contributed by atoms with Gasteiger partial charge in [0.05, 0.1) is 5.54 Å². The number of fused-ring (bicyclic) bond motifs is 5. The molecule has 0 radical (unpaired) electrons. The van der Waals surface area contributed by atoms with Gasteiger partial charge in [0, 0.05) is 48.8 Å². The molecular weight excluding hydrogens is 584 g/mol. The maximum Gasteiger partial charge on any atom is 0.319 e. The van der Waals surface area contributed by atoms with Gasteiger partial charge in [-0.15, -0.1) is 0 Å². The Labute approximate surface area is 259 Å². The molecular formula is C35H36F4N4O2. The normalized spacial score (nSPS) is 28.0. The molecule has 4 aromatic rings. The van der Waals surface area contributed by atoms with Gasteiger partial charge >= 0.3 is 6.01 Å². The number of rotatable bonds is 6. The molecule has 4 aliphatic rings. The van der Waals surface area contributed by atoms with Crippen molar-refractivity contribution in [1.29, 1.82) is 0 Å². The van der Waals surface area contributed by atoms with Crippen LogP contribution in [0.25, 0.3) is 32.8 Å². The number of hydrogen-bond donors (Lipinski definition) is 1. The van der Waals surface area contributed by atoms with Gasteiger partial charge in [-0.05, 0) is 84.8 Å².